The Morgan fingerprint density at radius 1 is 1.20 bits per heavy atom. The Balaban J connectivity index is 1.89. The Hall–Kier alpha value is -1.43. The average molecular weight is 289 g/mol. The lowest BCUT2D eigenvalue weighted by atomic mass is 10.0. The van der Waals surface area contributed by atoms with Gasteiger partial charge in [0.2, 0.25) is 0 Å². The third kappa shape index (κ3) is 4.92. The second-order valence-electron chi connectivity index (χ2n) is 4.84. The third-order valence-corrected chi connectivity index (χ3v) is 3.20. The molecule has 1 N–H and O–H groups in total. The first kappa shape index (κ1) is 15.0. The van der Waals surface area contributed by atoms with Crippen LogP contribution in [0.3, 0.4) is 0 Å². The van der Waals surface area contributed by atoms with Gasteiger partial charge in [0, 0.05) is 19.8 Å². The number of benzene rings is 1. The molecule has 0 amide bonds. The highest BCUT2D eigenvalue weighted by Gasteiger charge is 2.28. The average Bonchev–Trinajstić information content (AvgIpc) is 2.44. The Bertz CT molecular complexity index is 417. The van der Waals surface area contributed by atoms with E-state index in [4.69, 9.17) is 9.47 Å². The molecule has 0 aromatic heterocycles. The summed E-state index contributed by atoms with van der Waals surface area (Å²) in [4.78, 5) is 0. The molecule has 1 aromatic carbocycles. The van der Waals surface area contributed by atoms with E-state index in [2.05, 4.69) is 5.32 Å². The second-order valence-corrected chi connectivity index (χ2v) is 4.84. The number of anilines is 1. The molecule has 20 heavy (non-hydrogen) atoms. The van der Waals surface area contributed by atoms with Crippen LogP contribution in [0.25, 0.3) is 0 Å². The van der Waals surface area contributed by atoms with Crippen LogP contribution in [-0.2, 0) is 4.74 Å². The van der Waals surface area contributed by atoms with Gasteiger partial charge in [-0.2, -0.15) is 13.2 Å². The van der Waals surface area contributed by atoms with Crippen molar-refractivity contribution in [3.05, 3.63) is 24.3 Å². The number of halogens is 3. The molecule has 112 valence electrons. The zero-order valence-electron chi connectivity index (χ0n) is 11.1. The lowest BCUT2D eigenvalue weighted by molar-refractivity contribution is -0.153. The van der Waals surface area contributed by atoms with E-state index in [1.165, 1.54) is 6.07 Å². The molecule has 0 bridgehead atoms. The van der Waals surface area contributed by atoms with Crippen molar-refractivity contribution in [1.82, 2.24) is 0 Å². The monoisotopic (exact) mass is 289 g/mol. The highest BCUT2D eigenvalue weighted by Crippen LogP contribution is 2.27. The molecule has 1 heterocycles. The van der Waals surface area contributed by atoms with Crippen molar-refractivity contribution < 1.29 is 22.6 Å². The van der Waals surface area contributed by atoms with Gasteiger partial charge >= 0.3 is 6.18 Å². The lowest BCUT2D eigenvalue weighted by Crippen LogP contribution is -2.23. The molecule has 0 spiro atoms. The highest BCUT2D eigenvalue weighted by molar-refractivity contribution is 5.56. The molecule has 1 saturated heterocycles. The Kier molecular flexibility index (Phi) is 5.11. The van der Waals surface area contributed by atoms with Crippen LogP contribution in [0.15, 0.2) is 24.3 Å². The van der Waals surface area contributed by atoms with Gasteiger partial charge in [0.15, 0.2) is 6.61 Å². The van der Waals surface area contributed by atoms with Gasteiger partial charge in [0.25, 0.3) is 0 Å². The number of nitrogens with one attached hydrogen (secondary N) is 1. The molecule has 0 aliphatic carbocycles. The van der Waals surface area contributed by atoms with Gasteiger partial charge in [0.1, 0.15) is 5.75 Å². The van der Waals surface area contributed by atoms with Crippen LogP contribution in [0, 0.1) is 5.92 Å². The quantitative estimate of drug-likeness (QED) is 0.900. The molecule has 6 heteroatoms. The van der Waals surface area contributed by atoms with E-state index < -0.39 is 12.8 Å². The maximum atomic E-state index is 12.2. The number of alkyl halides is 3. The van der Waals surface area contributed by atoms with E-state index >= 15 is 0 Å². The summed E-state index contributed by atoms with van der Waals surface area (Å²) in [5.74, 6) is 0.719. The van der Waals surface area contributed by atoms with Crippen LogP contribution in [0.5, 0.6) is 5.75 Å². The topological polar surface area (TPSA) is 30.5 Å². The molecule has 1 aliphatic rings. The van der Waals surface area contributed by atoms with Gasteiger partial charge < -0.3 is 14.8 Å². The van der Waals surface area contributed by atoms with E-state index in [1.807, 2.05) is 0 Å². The number of hydrogen-bond donors (Lipinski definition) is 1. The summed E-state index contributed by atoms with van der Waals surface area (Å²) >= 11 is 0. The van der Waals surface area contributed by atoms with Crippen molar-refractivity contribution in [2.75, 3.05) is 31.7 Å². The summed E-state index contributed by atoms with van der Waals surface area (Å²) in [7, 11) is 0. The first-order valence-corrected chi connectivity index (χ1v) is 6.65. The third-order valence-electron chi connectivity index (χ3n) is 3.20. The molecule has 0 unspecified atom stereocenters. The zero-order chi connectivity index (χ0) is 14.4. The Labute approximate surface area is 116 Å². The van der Waals surface area contributed by atoms with Gasteiger partial charge in [-0.15, -0.1) is 0 Å². The van der Waals surface area contributed by atoms with Crippen LogP contribution < -0.4 is 10.1 Å². The molecular formula is C14H18F3NO2. The van der Waals surface area contributed by atoms with Gasteiger partial charge in [-0.1, -0.05) is 12.1 Å². The molecule has 3 nitrogen and oxygen atoms in total. The van der Waals surface area contributed by atoms with E-state index in [1.54, 1.807) is 18.2 Å². The maximum Gasteiger partial charge on any atom is 0.422 e. The van der Waals surface area contributed by atoms with Crippen molar-refractivity contribution in [3.63, 3.8) is 0 Å². The summed E-state index contributed by atoms with van der Waals surface area (Å²) < 4.78 is 46.7. The first-order valence-electron chi connectivity index (χ1n) is 6.65. The number of rotatable bonds is 5. The zero-order valence-corrected chi connectivity index (χ0v) is 11.1. The van der Waals surface area contributed by atoms with Crippen molar-refractivity contribution >= 4 is 5.69 Å². The van der Waals surface area contributed by atoms with Gasteiger partial charge in [-0.05, 0) is 30.9 Å². The number of hydrogen-bond acceptors (Lipinski definition) is 3. The summed E-state index contributed by atoms with van der Waals surface area (Å²) in [5.41, 5.74) is 0.600. The minimum Gasteiger partial charge on any atom is -0.482 e. The van der Waals surface area contributed by atoms with Crippen LogP contribution in [-0.4, -0.2) is 32.5 Å². The van der Waals surface area contributed by atoms with Crippen molar-refractivity contribution in [3.8, 4) is 5.75 Å². The molecule has 0 radical (unpaired) electrons. The van der Waals surface area contributed by atoms with E-state index in [0.29, 0.717) is 11.6 Å². The standard InChI is InChI=1S/C14H18F3NO2/c15-14(16,17)10-20-13-4-2-1-3-12(13)18-9-11-5-7-19-8-6-11/h1-4,11,18H,5-10H2. The van der Waals surface area contributed by atoms with Gasteiger partial charge in [-0.25, -0.2) is 0 Å². The van der Waals surface area contributed by atoms with Crippen molar-refractivity contribution in [1.29, 1.82) is 0 Å². The van der Waals surface area contributed by atoms with E-state index in [0.717, 1.165) is 32.6 Å². The summed E-state index contributed by atoms with van der Waals surface area (Å²) in [6.07, 6.45) is -2.38. The maximum absolute atomic E-state index is 12.2. The van der Waals surface area contributed by atoms with E-state index in [9.17, 15) is 13.2 Å². The fraction of sp³-hybridized carbons (Fsp3) is 0.571. The largest absolute Gasteiger partial charge is 0.482 e. The van der Waals surface area contributed by atoms with E-state index in [-0.39, 0.29) is 5.75 Å². The minimum absolute atomic E-state index is 0.233. The van der Waals surface area contributed by atoms with Crippen LogP contribution in [0.4, 0.5) is 18.9 Å². The Morgan fingerprint density at radius 3 is 2.60 bits per heavy atom. The normalized spacial score (nSPS) is 16.9. The van der Waals surface area contributed by atoms with Crippen LogP contribution in [0.1, 0.15) is 12.8 Å². The molecule has 0 atom stereocenters. The predicted molar refractivity (Wildman–Crippen MR) is 70.0 cm³/mol. The molecule has 1 aliphatic heterocycles. The van der Waals surface area contributed by atoms with Crippen molar-refractivity contribution in [2.45, 2.75) is 19.0 Å². The smallest absolute Gasteiger partial charge is 0.422 e. The van der Waals surface area contributed by atoms with Crippen molar-refractivity contribution in [2.24, 2.45) is 5.92 Å². The number of para-hydroxylation sites is 2. The molecule has 1 fully saturated rings. The SMILES string of the molecule is FC(F)(F)COc1ccccc1NCC1CCOCC1. The van der Waals surface area contributed by atoms with Gasteiger partial charge in [0.05, 0.1) is 5.69 Å². The first-order chi connectivity index (χ1) is 9.54. The van der Waals surface area contributed by atoms with Crippen LogP contribution in [0.2, 0.25) is 0 Å². The summed E-state index contributed by atoms with van der Waals surface area (Å²) in [6.45, 7) is 0.940. The minimum atomic E-state index is -4.33. The second kappa shape index (κ2) is 6.83. The summed E-state index contributed by atoms with van der Waals surface area (Å²) in [6, 6.07) is 6.70. The predicted octanol–water partition coefficient (Wildman–Crippen LogP) is 3.47. The molecule has 2 rings (SSSR count). The Morgan fingerprint density at radius 2 is 1.90 bits per heavy atom. The highest BCUT2D eigenvalue weighted by atomic mass is 19.4. The van der Waals surface area contributed by atoms with Gasteiger partial charge in [-0.3, -0.25) is 0 Å². The fourth-order valence-electron chi connectivity index (χ4n) is 2.10. The fourth-order valence-corrected chi connectivity index (χ4v) is 2.10. The lowest BCUT2D eigenvalue weighted by Gasteiger charge is -2.23. The molecular weight excluding hydrogens is 271 g/mol. The summed E-state index contributed by atoms with van der Waals surface area (Å²) in [5, 5.41) is 3.17. The molecule has 0 saturated carbocycles. The molecule has 1 aromatic rings. The van der Waals surface area contributed by atoms with Crippen LogP contribution >= 0.6 is 0 Å². The number of ether oxygens (including phenoxy) is 2.